The number of halogens is 9. The molecule has 1 N–H and O–H groups in total. The fourth-order valence-electron chi connectivity index (χ4n) is 4.84. The van der Waals surface area contributed by atoms with Crippen molar-refractivity contribution in [2.75, 3.05) is 11.9 Å². The van der Waals surface area contributed by atoms with Crippen LogP contribution in [0.4, 0.5) is 45.2 Å². The Morgan fingerprint density at radius 3 is 1.48 bits per heavy atom. The lowest BCUT2D eigenvalue weighted by atomic mass is 9.70. The summed E-state index contributed by atoms with van der Waals surface area (Å²) in [4.78, 5) is 0. The molecular weight excluding hydrogens is 605 g/mol. The highest BCUT2D eigenvalue weighted by Gasteiger charge is 2.38. The van der Waals surface area contributed by atoms with E-state index in [1.54, 1.807) is 30.3 Å². The summed E-state index contributed by atoms with van der Waals surface area (Å²) in [5.74, 6) is -1.58. The molecule has 44 heavy (non-hydrogen) atoms. The van der Waals surface area contributed by atoms with E-state index in [0.717, 1.165) is 36.4 Å². The van der Waals surface area contributed by atoms with Gasteiger partial charge in [0.25, 0.3) is 0 Å². The van der Waals surface area contributed by atoms with Gasteiger partial charge in [-0.05, 0) is 78.1 Å². The van der Waals surface area contributed by atoms with Crippen LogP contribution in [-0.4, -0.2) is 25.6 Å². The van der Waals surface area contributed by atoms with Crippen LogP contribution < -0.4 is 19.5 Å². The van der Waals surface area contributed by atoms with Crippen LogP contribution in [0.3, 0.4) is 0 Å². The minimum Gasteiger partial charge on any atom is -0.406 e. The first kappa shape index (κ1) is 32.4. The lowest BCUT2D eigenvalue weighted by Gasteiger charge is -2.37. The maximum Gasteiger partial charge on any atom is 0.573 e. The highest BCUT2D eigenvalue weighted by atomic mass is 19.4. The summed E-state index contributed by atoms with van der Waals surface area (Å²) in [6, 6.07) is 22.4. The van der Waals surface area contributed by atoms with E-state index in [9.17, 15) is 39.5 Å². The topological polar surface area (TPSA) is 39.7 Å². The molecule has 0 aliphatic carbocycles. The smallest absolute Gasteiger partial charge is 0.406 e. The van der Waals surface area contributed by atoms with Gasteiger partial charge in [-0.3, -0.25) is 0 Å². The monoisotopic (exact) mass is 629 g/mol. The van der Waals surface area contributed by atoms with Crippen molar-refractivity contribution in [2.24, 2.45) is 0 Å². The number of benzene rings is 4. The standard InChI is InChI=1S/C31H24F9NO3/c1-20-15-26(44-31(38,39)40)13-14-27(20)41-19-28(18-21-7-3-2-4-8-21,22-9-5-11-24(16-22)42-29(32,33)34)23-10-6-12-25(17-23)43-30(35,36)37/h2-17,41H,18-19H2,1H3. The van der Waals surface area contributed by atoms with E-state index in [1.807, 2.05) is 0 Å². The molecule has 4 aromatic carbocycles. The molecule has 234 valence electrons. The van der Waals surface area contributed by atoms with Crippen molar-refractivity contribution in [1.29, 1.82) is 0 Å². The summed E-state index contributed by atoms with van der Waals surface area (Å²) < 4.78 is 129. The molecule has 0 fully saturated rings. The van der Waals surface area contributed by atoms with Gasteiger partial charge in [0.1, 0.15) is 17.2 Å². The number of alkyl halides is 9. The molecule has 0 saturated carbocycles. The van der Waals surface area contributed by atoms with Crippen LogP contribution in [0, 0.1) is 6.92 Å². The van der Waals surface area contributed by atoms with E-state index >= 15 is 0 Å². The highest BCUT2D eigenvalue weighted by Crippen LogP contribution is 2.41. The van der Waals surface area contributed by atoms with Crippen molar-refractivity contribution in [3.63, 3.8) is 0 Å². The van der Waals surface area contributed by atoms with Crippen molar-refractivity contribution in [2.45, 2.75) is 37.8 Å². The number of anilines is 1. The highest BCUT2D eigenvalue weighted by molar-refractivity contribution is 5.56. The van der Waals surface area contributed by atoms with Gasteiger partial charge in [-0.2, -0.15) is 0 Å². The van der Waals surface area contributed by atoms with Crippen LogP contribution in [0.25, 0.3) is 0 Å². The minimum absolute atomic E-state index is 0.0695. The Bertz CT molecular complexity index is 1490. The van der Waals surface area contributed by atoms with Crippen LogP contribution in [0.15, 0.2) is 97.1 Å². The van der Waals surface area contributed by atoms with Gasteiger partial charge in [-0.25, -0.2) is 0 Å². The lowest BCUT2D eigenvalue weighted by Crippen LogP contribution is -2.38. The number of nitrogens with one attached hydrogen (secondary N) is 1. The quantitative estimate of drug-likeness (QED) is 0.178. The fourth-order valence-corrected chi connectivity index (χ4v) is 4.84. The molecule has 0 saturated heterocycles. The van der Waals surface area contributed by atoms with E-state index in [-0.39, 0.29) is 24.1 Å². The third-order valence-corrected chi connectivity index (χ3v) is 6.60. The third kappa shape index (κ3) is 8.98. The predicted octanol–water partition coefficient (Wildman–Crippen LogP) is 9.33. The summed E-state index contributed by atoms with van der Waals surface area (Å²) in [6.07, 6.45) is -14.9. The Balaban J connectivity index is 1.87. The molecule has 0 heterocycles. The molecule has 4 aromatic rings. The zero-order chi connectivity index (χ0) is 32.2. The van der Waals surface area contributed by atoms with E-state index < -0.39 is 41.8 Å². The maximum atomic E-state index is 13.2. The largest absolute Gasteiger partial charge is 0.573 e. The minimum atomic E-state index is -5.02. The number of aryl methyl sites for hydroxylation is 1. The van der Waals surface area contributed by atoms with E-state index in [0.29, 0.717) is 16.8 Å². The molecule has 4 nitrogen and oxygen atoms in total. The van der Waals surface area contributed by atoms with Crippen LogP contribution >= 0.6 is 0 Å². The summed E-state index contributed by atoms with van der Waals surface area (Å²) in [5, 5.41) is 3.13. The van der Waals surface area contributed by atoms with Gasteiger partial charge in [0.2, 0.25) is 0 Å². The second-order valence-corrected chi connectivity index (χ2v) is 9.77. The van der Waals surface area contributed by atoms with Gasteiger partial charge in [-0.15, -0.1) is 39.5 Å². The molecule has 0 atom stereocenters. The predicted molar refractivity (Wildman–Crippen MR) is 144 cm³/mol. The molecule has 13 heteroatoms. The van der Waals surface area contributed by atoms with Gasteiger partial charge in [0.15, 0.2) is 0 Å². The second kappa shape index (κ2) is 12.6. The van der Waals surface area contributed by atoms with E-state index in [4.69, 9.17) is 0 Å². The first-order valence-electron chi connectivity index (χ1n) is 12.9. The summed E-state index contributed by atoms with van der Waals surface area (Å²) in [7, 11) is 0. The van der Waals surface area contributed by atoms with E-state index in [2.05, 4.69) is 19.5 Å². The molecule has 0 spiro atoms. The molecule has 0 unspecified atom stereocenters. The number of hydrogen-bond donors (Lipinski definition) is 1. The number of ether oxygens (including phenoxy) is 3. The van der Waals surface area contributed by atoms with E-state index in [1.165, 1.54) is 37.3 Å². The SMILES string of the molecule is Cc1cc(OC(F)(F)F)ccc1NCC(Cc1ccccc1)(c1cccc(OC(F)(F)F)c1)c1cccc(OC(F)(F)F)c1. The molecule has 0 radical (unpaired) electrons. The number of rotatable bonds is 10. The fraction of sp³-hybridized carbons (Fsp3) is 0.226. The Morgan fingerprint density at radius 1 is 0.545 bits per heavy atom. The van der Waals surface area contributed by atoms with Gasteiger partial charge >= 0.3 is 19.1 Å². The molecular formula is C31H24F9NO3. The van der Waals surface area contributed by atoms with Crippen LogP contribution in [0.5, 0.6) is 17.2 Å². The summed E-state index contributed by atoms with van der Waals surface area (Å²) in [5.41, 5.74) is 0.490. The molecule has 0 amide bonds. The molecule has 0 aliphatic rings. The third-order valence-electron chi connectivity index (χ3n) is 6.60. The van der Waals surface area contributed by atoms with Gasteiger partial charge in [0.05, 0.1) is 0 Å². The van der Waals surface area contributed by atoms with Gasteiger partial charge in [0, 0.05) is 17.6 Å². The lowest BCUT2D eigenvalue weighted by molar-refractivity contribution is -0.275. The number of hydrogen-bond acceptors (Lipinski definition) is 4. The molecule has 4 rings (SSSR count). The van der Waals surface area contributed by atoms with Crippen molar-refractivity contribution in [3.8, 4) is 17.2 Å². The Labute approximate surface area is 246 Å². The van der Waals surface area contributed by atoms with Crippen molar-refractivity contribution in [1.82, 2.24) is 0 Å². The average molecular weight is 630 g/mol. The molecule has 0 aliphatic heterocycles. The van der Waals surface area contributed by atoms with Crippen LogP contribution in [-0.2, 0) is 11.8 Å². The molecule has 0 aromatic heterocycles. The van der Waals surface area contributed by atoms with Gasteiger partial charge in [-0.1, -0.05) is 54.6 Å². The Kier molecular flexibility index (Phi) is 9.26. The van der Waals surface area contributed by atoms with Gasteiger partial charge < -0.3 is 19.5 Å². The summed E-state index contributed by atoms with van der Waals surface area (Å²) in [6.45, 7) is 1.38. The van der Waals surface area contributed by atoms with Crippen LogP contribution in [0.2, 0.25) is 0 Å². The molecule has 0 bridgehead atoms. The maximum absolute atomic E-state index is 13.2. The van der Waals surface area contributed by atoms with Crippen LogP contribution in [0.1, 0.15) is 22.3 Å². The average Bonchev–Trinajstić information content (AvgIpc) is 2.90. The first-order valence-corrected chi connectivity index (χ1v) is 12.9. The normalized spacial score (nSPS) is 12.5. The van der Waals surface area contributed by atoms with Crippen molar-refractivity contribution >= 4 is 5.69 Å². The van der Waals surface area contributed by atoms with Crippen molar-refractivity contribution < 1.29 is 53.7 Å². The Hall–Kier alpha value is -4.55. The zero-order valence-electron chi connectivity index (χ0n) is 22.8. The summed E-state index contributed by atoms with van der Waals surface area (Å²) >= 11 is 0. The first-order chi connectivity index (χ1) is 20.5. The zero-order valence-corrected chi connectivity index (χ0v) is 22.8. The Morgan fingerprint density at radius 2 is 1.02 bits per heavy atom. The second-order valence-electron chi connectivity index (χ2n) is 9.77. The van der Waals surface area contributed by atoms with Crippen molar-refractivity contribution in [3.05, 3.63) is 119 Å².